The van der Waals surface area contributed by atoms with Crippen LogP contribution in [0.2, 0.25) is 10.0 Å². The zero-order valence-corrected chi connectivity index (χ0v) is 14.2. The minimum Gasteiger partial charge on any atom is -0.389 e. The Hall–Kier alpha value is -2.48. The van der Waals surface area contributed by atoms with Crippen molar-refractivity contribution in [2.24, 2.45) is 0 Å². The van der Waals surface area contributed by atoms with E-state index in [0.29, 0.717) is 22.3 Å². The molecule has 122 valence electrons. The van der Waals surface area contributed by atoms with Gasteiger partial charge in [-0.15, -0.1) is 0 Å². The molecule has 2 rings (SSSR count). The van der Waals surface area contributed by atoms with Gasteiger partial charge in [-0.05, 0) is 42.3 Å². The van der Waals surface area contributed by atoms with Crippen LogP contribution in [0.3, 0.4) is 0 Å². The van der Waals surface area contributed by atoms with Crippen molar-refractivity contribution in [3.05, 3.63) is 75.9 Å². The van der Waals surface area contributed by atoms with Gasteiger partial charge in [-0.2, -0.15) is 5.26 Å². The lowest BCUT2D eigenvalue weighted by molar-refractivity contribution is -0.112. The van der Waals surface area contributed by atoms with Gasteiger partial charge in [0.15, 0.2) is 0 Å². The van der Waals surface area contributed by atoms with Gasteiger partial charge in [0.2, 0.25) is 0 Å². The van der Waals surface area contributed by atoms with Crippen LogP contribution in [0.5, 0.6) is 0 Å². The van der Waals surface area contributed by atoms with Crippen molar-refractivity contribution in [3.8, 4) is 6.07 Å². The zero-order valence-electron chi connectivity index (χ0n) is 12.7. The summed E-state index contributed by atoms with van der Waals surface area (Å²) in [6.45, 7) is 0.579. The molecule has 0 unspecified atom stereocenters. The van der Waals surface area contributed by atoms with Crippen LogP contribution in [-0.4, -0.2) is 12.5 Å². The normalized spacial score (nSPS) is 10.8. The lowest BCUT2D eigenvalue weighted by atomic mass is 10.1. The smallest absolute Gasteiger partial charge is 0.267 e. The Balaban J connectivity index is 1.89. The van der Waals surface area contributed by atoms with Gasteiger partial charge in [0.25, 0.3) is 5.91 Å². The number of nitriles is 1. The van der Waals surface area contributed by atoms with Crippen molar-refractivity contribution in [2.75, 3.05) is 11.9 Å². The highest BCUT2D eigenvalue weighted by Gasteiger charge is 2.09. The van der Waals surface area contributed by atoms with Crippen molar-refractivity contribution in [1.29, 1.82) is 5.26 Å². The number of rotatable bonds is 6. The van der Waals surface area contributed by atoms with Gasteiger partial charge in [-0.3, -0.25) is 4.79 Å². The van der Waals surface area contributed by atoms with Crippen LogP contribution >= 0.6 is 23.2 Å². The van der Waals surface area contributed by atoms with Gasteiger partial charge in [0.1, 0.15) is 11.6 Å². The number of anilines is 1. The quantitative estimate of drug-likeness (QED) is 0.462. The van der Waals surface area contributed by atoms with Gasteiger partial charge in [0.05, 0.1) is 0 Å². The third kappa shape index (κ3) is 5.62. The third-order valence-electron chi connectivity index (χ3n) is 3.14. The van der Waals surface area contributed by atoms with E-state index in [0.717, 1.165) is 12.0 Å². The summed E-state index contributed by atoms with van der Waals surface area (Å²) in [5.74, 6) is -0.491. The molecule has 6 heteroatoms. The van der Waals surface area contributed by atoms with E-state index in [2.05, 4.69) is 10.6 Å². The fourth-order valence-electron chi connectivity index (χ4n) is 2.00. The molecule has 0 saturated heterocycles. The topological polar surface area (TPSA) is 64.9 Å². The molecule has 0 atom stereocenters. The molecule has 0 aliphatic carbocycles. The Bertz CT molecular complexity index is 797. The van der Waals surface area contributed by atoms with E-state index in [9.17, 15) is 4.79 Å². The first-order chi connectivity index (χ1) is 11.6. The number of amides is 1. The summed E-state index contributed by atoms with van der Waals surface area (Å²) in [6.07, 6.45) is 2.14. The van der Waals surface area contributed by atoms with Crippen LogP contribution in [-0.2, 0) is 11.2 Å². The molecule has 0 bridgehead atoms. The average molecular weight is 360 g/mol. The minimum atomic E-state index is -0.491. The Morgan fingerprint density at radius 2 is 1.83 bits per heavy atom. The number of carbonyl (C=O) groups is 1. The van der Waals surface area contributed by atoms with Crippen LogP contribution in [0.4, 0.5) is 5.69 Å². The number of halogens is 2. The predicted molar refractivity (Wildman–Crippen MR) is 96.9 cm³/mol. The predicted octanol–water partition coefficient (Wildman–Crippen LogP) is 4.17. The lowest BCUT2D eigenvalue weighted by Crippen LogP contribution is -2.18. The molecule has 2 aromatic carbocycles. The van der Waals surface area contributed by atoms with Gasteiger partial charge in [0, 0.05) is 28.5 Å². The first-order valence-electron chi connectivity index (χ1n) is 7.23. The van der Waals surface area contributed by atoms with Crippen LogP contribution < -0.4 is 10.6 Å². The highest BCUT2D eigenvalue weighted by atomic mass is 35.5. The first-order valence-corrected chi connectivity index (χ1v) is 7.99. The van der Waals surface area contributed by atoms with E-state index in [1.54, 1.807) is 24.3 Å². The second-order valence-corrected chi connectivity index (χ2v) is 5.84. The molecule has 0 aliphatic heterocycles. The summed E-state index contributed by atoms with van der Waals surface area (Å²) in [5, 5.41) is 15.9. The van der Waals surface area contributed by atoms with E-state index in [-0.39, 0.29) is 5.57 Å². The van der Waals surface area contributed by atoms with Crippen LogP contribution in [0.15, 0.2) is 60.3 Å². The summed E-state index contributed by atoms with van der Waals surface area (Å²) in [4.78, 5) is 12.1. The monoisotopic (exact) mass is 359 g/mol. The Labute approximate surface area is 150 Å². The van der Waals surface area contributed by atoms with Crippen molar-refractivity contribution in [1.82, 2.24) is 5.32 Å². The fourth-order valence-corrected chi connectivity index (χ4v) is 2.40. The maximum Gasteiger partial charge on any atom is 0.267 e. The fraction of sp³-hybridized carbons (Fsp3) is 0.111. The maximum absolute atomic E-state index is 12.1. The summed E-state index contributed by atoms with van der Waals surface area (Å²) in [7, 11) is 0. The van der Waals surface area contributed by atoms with Crippen molar-refractivity contribution in [3.63, 3.8) is 0 Å². The van der Waals surface area contributed by atoms with E-state index in [4.69, 9.17) is 28.5 Å². The van der Waals surface area contributed by atoms with Gasteiger partial charge in [-0.25, -0.2) is 0 Å². The molecule has 0 aliphatic rings. The summed E-state index contributed by atoms with van der Waals surface area (Å²) < 4.78 is 0. The van der Waals surface area contributed by atoms with Crippen LogP contribution in [0.25, 0.3) is 0 Å². The molecule has 0 aromatic heterocycles. The summed E-state index contributed by atoms with van der Waals surface area (Å²) >= 11 is 11.8. The molecular formula is C18H15Cl2N3O. The SMILES string of the molecule is N#C/C(=C/NCCc1cccc(Cl)c1)C(=O)Nc1cccc(Cl)c1. The Morgan fingerprint density at radius 1 is 1.12 bits per heavy atom. The third-order valence-corrected chi connectivity index (χ3v) is 3.61. The highest BCUT2D eigenvalue weighted by molar-refractivity contribution is 6.31. The molecule has 0 radical (unpaired) electrons. The second kappa shape index (κ2) is 8.97. The number of carbonyl (C=O) groups excluding carboxylic acids is 1. The number of hydrogen-bond acceptors (Lipinski definition) is 3. The highest BCUT2D eigenvalue weighted by Crippen LogP contribution is 2.15. The Morgan fingerprint density at radius 3 is 2.50 bits per heavy atom. The zero-order chi connectivity index (χ0) is 17.4. The van der Waals surface area contributed by atoms with Gasteiger partial charge >= 0.3 is 0 Å². The standard InChI is InChI=1S/C18H15Cl2N3O/c19-15-4-1-3-13(9-15)7-8-22-12-14(11-21)18(24)23-17-6-2-5-16(20)10-17/h1-6,9-10,12,22H,7-8H2,(H,23,24)/b14-12-. The average Bonchev–Trinajstić information content (AvgIpc) is 2.55. The van der Waals surface area contributed by atoms with Crippen molar-refractivity contribution >= 4 is 34.8 Å². The Kier molecular flexibility index (Phi) is 6.68. The second-order valence-electron chi connectivity index (χ2n) is 4.97. The van der Waals surface area contributed by atoms with E-state index < -0.39 is 5.91 Å². The van der Waals surface area contributed by atoms with E-state index in [1.165, 1.54) is 6.20 Å². The molecule has 0 spiro atoms. The van der Waals surface area contributed by atoms with Crippen molar-refractivity contribution in [2.45, 2.75) is 6.42 Å². The lowest BCUT2D eigenvalue weighted by Gasteiger charge is -2.06. The molecule has 0 heterocycles. The minimum absolute atomic E-state index is 0.0129. The number of benzene rings is 2. The van der Waals surface area contributed by atoms with Crippen LogP contribution in [0, 0.1) is 11.3 Å². The van der Waals surface area contributed by atoms with Gasteiger partial charge < -0.3 is 10.6 Å². The molecular weight excluding hydrogens is 345 g/mol. The molecule has 1 amide bonds. The summed E-state index contributed by atoms with van der Waals surface area (Å²) in [5.41, 5.74) is 1.60. The molecule has 2 N–H and O–H groups in total. The van der Waals surface area contributed by atoms with Gasteiger partial charge in [-0.1, -0.05) is 41.4 Å². The largest absolute Gasteiger partial charge is 0.389 e. The van der Waals surface area contributed by atoms with E-state index in [1.807, 2.05) is 30.3 Å². The first kappa shape index (κ1) is 17.9. The molecule has 4 nitrogen and oxygen atoms in total. The number of nitrogens with one attached hydrogen (secondary N) is 2. The number of hydrogen-bond donors (Lipinski definition) is 2. The van der Waals surface area contributed by atoms with Crippen molar-refractivity contribution < 1.29 is 4.79 Å². The maximum atomic E-state index is 12.1. The molecule has 0 saturated carbocycles. The number of nitrogens with zero attached hydrogens (tertiary/aromatic N) is 1. The molecule has 2 aromatic rings. The van der Waals surface area contributed by atoms with Crippen LogP contribution in [0.1, 0.15) is 5.56 Å². The molecule has 24 heavy (non-hydrogen) atoms. The summed E-state index contributed by atoms with van der Waals surface area (Å²) in [6, 6.07) is 16.2. The molecule has 0 fully saturated rings. The van der Waals surface area contributed by atoms with E-state index >= 15 is 0 Å².